The van der Waals surface area contributed by atoms with Crippen molar-refractivity contribution in [2.24, 2.45) is 0 Å². The lowest BCUT2D eigenvalue weighted by Crippen LogP contribution is -2.02. The smallest absolute Gasteiger partial charge is 0.123 e. The molecule has 0 spiro atoms. The molecule has 1 aromatic heterocycles. The minimum atomic E-state index is -0.848. The molecule has 0 aliphatic carbocycles. The van der Waals surface area contributed by atoms with Crippen LogP contribution in [0.2, 0.25) is 0 Å². The number of aromatic nitrogens is 2. The van der Waals surface area contributed by atoms with Gasteiger partial charge in [0.2, 0.25) is 0 Å². The summed E-state index contributed by atoms with van der Waals surface area (Å²) in [5.41, 5.74) is 2.10. The van der Waals surface area contributed by atoms with Crippen LogP contribution >= 0.6 is 11.5 Å². The van der Waals surface area contributed by atoms with Crippen molar-refractivity contribution in [3.63, 3.8) is 0 Å². The zero-order valence-electron chi connectivity index (χ0n) is 9.64. The second kappa shape index (κ2) is 4.89. The molecule has 0 fully saturated rings. The Morgan fingerprint density at radius 1 is 1.41 bits per heavy atom. The summed E-state index contributed by atoms with van der Waals surface area (Å²) in [5.74, 6) is -0.338. The summed E-state index contributed by atoms with van der Waals surface area (Å²) in [6.07, 6.45) is -0.142. The van der Waals surface area contributed by atoms with Crippen LogP contribution in [0.1, 0.15) is 34.7 Å². The predicted molar refractivity (Wildman–Crippen MR) is 64.5 cm³/mol. The molecular formula is C12H13FN2OS. The Morgan fingerprint density at radius 3 is 2.82 bits per heavy atom. The third kappa shape index (κ3) is 2.50. The van der Waals surface area contributed by atoms with E-state index < -0.39 is 6.10 Å². The molecule has 0 amide bonds. The van der Waals surface area contributed by atoms with Crippen LogP contribution < -0.4 is 0 Å². The molecule has 0 saturated carbocycles. The minimum absolute atomic E-state index is 0.338. The maximum Gasteiger partial charge on any atom is 0.123 e. The van der Waals surface area contributed by atoms with Crippen LogP contribution in [0.5, 0.6) is 0 Å². The Hall–Kier alpha value is -1.33. The zero-order valence-corrected chi connectivity index (χ0v) is 10.5. The number of halogens is 1. The van der Waals surface area contributed by atoms with Gasteiger partial charge in [-0.2, -0.15) is 0 Å². The van der Waals surface area contributed by atoms with E-state index >= 15 is 0 Å². The molecule has 1 atom stereocenters. The number of aryl methyl sites for hydroxylation is 2. The van der Waals surface area contributed by atoms with Crippen LogP contribution in [-0.4, -0.2) is 14.7 Å². The molecule has 0 aliphatic rings. The van der Waals surface area contributed by atoms with E-state index in [2.05, 4.69) is 9.59 Å². The van der Waals surface area contributed by atoms with Crippen LogP contribution in [0.25, 0.3) is 0 Å². The van der Waals surface area contributed by atoms with Gasteiger partial charge in [-0.15, -0.1) is 5.10 Å². The van der Waals surface area contributed by atoms with Crippen LogP contribution in [0.3, 0.4) is 0 Å². The second-order valence-corrected chi connectivity index (χ2v) is 4.69. The second-order valence-electron chi connectivity index (χ2n) is 3.90. The molecule has 1 N–H and O–H groups in total. The van der Waals surface area contributed by atoms with E-state index in [4.69, 9.17) is 0 Å². The number of aliphatic hydroxyl groups excluding tert-OH is 1. The van der Waals surface area contributed by atoms with Gasteiger partial charge in [0.25, 0.3) is 0 Å². The molecule has 1 unspecified atom stereocenters. The maximum absolute atomic E-state index is 13.3. The third-order valence-electron chi connectivity index (χ3n) is 2.55. The minimum Gasteiger partial charge on any atom is -0.383 e. The van der Waals surface area contributed by atoms with E-state index in [0.717, 1.165) is 22.8 Å². The van der Waals surface area contributed by atoms with Crippen molar-refractivity contribution < 1.29 is 9.50 Å². The molecule has 17 heavy (non-hydrogen) atoms. The van der Waals surface area contributed by atoms with E-state index in [0.29, 0.717) is 16.9 Å². The molecule has 0 radical (unpaired) electrons. The number of rotatable bonds is 3. The highest BCUT2D eigenvalue weighted by molar-refractivity contribution is 7.05. The van der Waals surface area contributed by atoms with E-state index in [1.165, 1.54) is 12.1 Å². The average molecular weight is 252 g/mol. The maximum atomic E-state index is 13.3. The van der Waals surface area contributed by atoms with Crippen molar-refractivity contribution in [1.29, 1.82) is 0 Å². The van der Waals surface area contributed by atoms with Crippen molar-refractivity contribution >= 4 is 11.5 Å². The van der Waals surface area contributed by atoms with Crippen molar-refractivity contribution in [1.82, 2.24) is 9.59 Å². The predicted octanol–water partition coefficient (Wildman–Crippen LogP) is 2.63. The molecule has 90 valence electrons. The van der Waals surface area contributed by atoms with Gasteiger partial charge in [0.15, 0.2) is 0 Å². The number of hydrogen-bond acceptors (Lipinski definition) is 4. The summed E-state index contributed by atoms with van der Waals surface area (Å²) in [7, 11) is 0. The van der Waals surface area contributed by atoms with Crippen molar-refractivity contribution in [3.05, 3.63) is 45.7 Å². The summed E-state index contributed by atoms with van der Waals surface area (Å²) >= 11 is 1.16. The molecule has 0 bridgehead atoms. The first-order valence-electron chi connectivity index (χ1n) is 5.38. The molecule has 1 aromatic carbocycles. The molecule has 1 heterocycles. The molecule has 5 heteroatoms. The molecule has 0 saturated heterocycles. The Bertz CT molecular complexity index is 507. The fourth-order valence-electron chi connectivity index (χ4n) is 1.74. The third-order valence-corrected chi connectivity index (χ3v) is 3.37. The van der Waals surface area contributed by atoms with Crippen molar-refractivity contribution in [2.45, 2.75) is 26.4 Å². The van der Waals surface area contributed by atoms with Gasteiger partial charge in [-0.1, -0.05) is 17.5 Å². The highest BCUT2D eigenvalue weighted by Crippen LogP contribution is 2.28. The first-order valence-corrected chi connectivity index (χ1v) is 6.15. The van der Waals surface area contributed by atoms with E-state index in [1.54, 1.807) is 13.0 Å². The van der Waals surface area contributed by atoms with Crippen LogP contribution in [0, 0.1) is 12.7 Å². The molecule has 2 rings (SSSR count). The highest BCUT2D eigenvalue weighted by Gasteiger charge is 2.18. The van der Waals surface area contributed by atoms with Gasteiger partial charge in [0.1, 0.15) is 11.9 Å². The van der Waals surface area contributed by atoms with Gasteiger partial charge in [-0.25, -0.2) is 4.39 Å². The SMILES string of the molecule is CCc1nnsc1C(O)c1cc(C)cc(F)c1. The Balaban J connectivity index is 2.39. The lowest BCUT2D eigenvalue weighted by molar-refractivity contribution is 0.222. The fraction of sp³-hybridized carbons (Fsp3) is 0.333. The normalized spacial score (nSPS) is 12.7. The highest BCUT2D eigenvalue weighted by atomic mass is 32.1. The summed E-state index contributed by atoms with van der Waals surface area (Å²) in [6, 6.07) is 4.55. The number of aliphatic hydroxyl groups is 1. The lowest BCUT2D eigenvalue weighted by atomic mass is 10.0. The summed E-state index contributed by atoms with van der Waals surface area (Å²) < 4.78 is 17.1. The molecule has 0 aliphatic heterocycles. The standard InChI is InChI=1S/C12H13FN2OS/c1-3-10-12(17-15-14-10)11(16)8-4-7(2)5-9(13)6-8/h4-6,11,16H,3H2,1-2H3. The largest absolute Gasteiger partial charge is 0.383 e. The Labute approximate surface area is 103 Å². The first-order chi connectivity index (χ1) is 8.11. The van der Waals surface area contributed by atoms with Crippen molar-refractivity contribution in [2.75, 3.05) is 0 Å². The Kier molecular flexibility index (Phi) is 3.49. The number of nitrogens with zero attached hydrogens (tertiary/aromatic N) is 2. The van der Waals surface area contributed by atoms with Crippen LogP contribution in [0.15, 0.2) is 18.2 Å². The van der Waals surface area contributed by atoms with Gasteiger partial charge in [-0.3, -0.25) is 0 Å². The fourth-order valence-corrected chi connectivity index (χ4v) is 2.50. The molecular weight excluding hydrogens is 239 g/mol. The molecule has 3 nitrogen and oxygen atoms in total. The topological polar surface area (TPSA) is 46.0 Å². The van der Waals surface area contributed by atoms with Gasteiger partial charge >= 0.3 is 0 Å². The van der Waals surface area contributed by atoms with Gasteiger partial charge in [0.05, 0.1) is 10.6 Å². The van der Waals surface area contributed by atoms with E-state index in [1.807, 2.05) is 6.92 Å². The molecule has 2 aromatic rings. The average Bonchev–Trinajstić information content (AvgIpc) is 2.74. The van der Waals surface area contributed by atoms with Crippen LogP contribution in [0.4, 0.5) is 4.39 Å². The summed E-state index contributed by atoms with van der Waals surface area (Å²) in [5, 5.41) is 14.1. The van der Waals surface area contributed by atoms with Gasteiger partial charge < -0.3 is 5.11 Å². The zero-order chi connectivity index (χ0) is 12.4. The monoisotopic (exact) mass is 252 g/mol. The van der Waals surface area contributed by atoms with E-state index in [-0.39, 0.29) is 5.82 Å². The van der Waals surface area contributed by atoms with E-state index in [9.17, 15) is 9.50 Å². The Morgan fingerprint density at radius 2 is 2.18 bits per heavy atom. The van der Waals surface area contributed by atoms with Crippen molar-refractivity contribution in [3.8, 4) is 0 Å². The summed E-state index contributed by atoms with van der Waals surface area (Å²) in [6.45, 7) is 3.74. The van der Waals surface area contributed by atoms with Gasteiger partial charge in [-0.05, 0) is 48.1 Å². The quantitative estimate of drug-likeness (QED) is 0.913. The first kappa shape index (κ1) is 12.1. The van der Waals surface area contributed by atoms with Crippen LogP contribution in [-0.2, 0) is 6.42 Å². The number of benzene rings is 1. The summed E-state index contributed by atoms with van der Waals surface area (Å²) in [4.78, 5) is 0.692. The lowest BCUT2D eigenvalue weighted by Gasteiger charge is -2.10. The number of hydrogen-bond donors (Lipinski definition) is 1. The van der Waals surface area contributed by atoms with Gasteiger partial charge in [0, 0.05) is 0 Å².